The number of halogens is 1. The molecule has 2 aromatic rings. The SMILES string of the molecule is Cc1nn(CCC#N)c2c1P(=S)(OC1CC3CCC1(C)C3(C)C)N(C)C(c1ccccc1F)=N2. The van der Waals surface area contributed by atoms with E-state index in [1.54, 1.807) is 22.9 Å². The minimum Gasteiger partial charge on any atom is -0.326 e. The number of aromatic nitrogens is 2. The van der Waals surface area contributed by atoms with Crippen LogP contribution >= 0.6 is 6.42 Å². The molecule has 2 bridgehead atoms. The number of rotatable bonds is 5. The molecule has 5 rings (SSSR count). The van der Waals surface area contributed by atoms with Gasteiger partial charge in [-0.2, -0.15) is 10.4 Å². The van der Waals surface area contributed by atoms with Gasteiger partial charge in [0.25, 0.3) is 0 Å². The first-order chi connectivity index (χ1) is 16.0. The van der Waals surface area contributed by atoms with Gasteiger partial charge in [-0.05, 0) is 66.9 Å². The molecule has 1 aliphatic heterocycles. The highest BCUT2D eigenvalue weighted by Crippen LogP contribution is 2.69. The Morgan fingerprint density at radius 2 is 2.06 bits per heavy atom. The van der Waals surface area contributed by atoms with Gasteiger partial charge in [-0.25, -0.2) is 14.1 Å². The Morgan fingerprint density at radius 3 is 2.68 bits per heavy atom. The molecule has 0 amide bonds. The van der Waals surface area contributed by atoms with Crippen LogP contribution in [0.15, 0.2) is 29.3 Å². The van der Waals surface area contributed by atoms with Crippen molar-refractivity contribution >= 4 is 35.2 Å². The second kappa shape index (κ2) is 7.98. The Balaban J connectivity index is 1.66. The van der Waals surface area contributed by atoms with E-state index in [1.165, 1.54) is 12.5 Å². The Bertz CT molecular complexity index is 1280. The lowest BCUT2D eigenvalue weighted by Gasteiger charge is -2.44. The fourth-order valence-corrected chi connectivity index (χ4v) is 9.89. The highest BCUT2D eigenvalue weighted by Gasteiger charge is 2.63. The number of amidine groups is 1. The van der Waals surface area contributed by atoms with E-state index in [0.717, 1.165) is 23.8 Å². The summed E-state index contributed by atoms with van der Waals surface area (Å²) in [5.41, 5.74) is 1.37. The zero-order valence-corrected chi connectivity index (χ0v) is 22.1. The normalized spacial score (nSPS) is 31.3. The van der Waals surface area contributed by atoms with Gasteiger partial charge in [0, 0.05) is 7.05 Å². The molecule has 4 unspecified atom stereocenters. The summed E-state index contributed by atoms with van der Waals surface area (Å²) in [6.45, 7) is 9.38. The molecule has 6 nitrogen and oxygen atoms in total. The molecule has 9 heteroatoms. The lowest BCUT2D eigenvalue weighted by atomic mass is 9.70. The van der Waals surface area contributed by atoms with Crippen LogP contribution in [0.3, 0.4) is 0 Å². The van der Waals surface area contributed by atoms with Gasteiger partial charge in [0.1, 0.15) is 11.7 Å². The molecule has 180 valence electrons. The van der Waals surface area contributed by atoms with Crippen molar-refractivity contribution in [3.05, 3.63) is 41.3 Å². The topological polar surface area (TPSA) is 66.4 Å². The number of fused-ring (bicyclic) bond motifs is 3. The van der Waals surface area contributed by atoms with Crippen molar-refractivity contribution in [3.8, 4) is 6.07 Å². The Labute approximate surface area is 206 Å². The monoisotopic (exact) mass is 499 g/mol. The third kappa shape index (κ3) is 3.17. The molecule has 0 N–H and O–H groups in total. The molecule has 2 fully saturated rings. The van der Waals surface area contributed by atoms with Crippen molar-refractivity contribution in [2.24, 2.45) is 21.7 Å². The van der Waals surface area contributed by atoms with Gasteiger partial charge < -0.3 is 9.19 Å². The Morgan fingerprint density at radius 1 is 1.32 bits per heavy atom. The van der Waals surface area contributed by atoms with Crippen LogP contribution in [0.4, 0.5) is 10.2 Å². The van der Waals surface area contributed by atoms with E-state index in [1.807, 2.05) is 18.6 Å². The standard InChI is InChI=1S/C25H31FN5OPS/c1-16-21-23(31(29-16)14-8-13-27)28-22(18-9-6-7-10-19(18)26)30(5)33(21,34)32-20-15-17-11-12-25(20,4)24(17,2)3/h6-7,9-10,17,20H,8,11-12,14-15H2,1-5H3. The smallest absolute Gasteiger partial charge is 0.192 e. The van der Waals surface area contributed by atoms with Gasteiger partial charge >= 0.3 is 0 Å². The van der Waals surface area contributed by atoms with Crippen molar-refractivity contribution in [1.29, 1.82) is 5.26 Å². The first-order valence-electron chi connectivity index (χ1n) is 11.9. The van der Waals surface area contributed by atoms with E-state index in [-0.39, 0.29) is 22.8 Å². The highest BCUT2D eigenvalue weighted by atomic mass is 32.4. The van der Waals surface area contributed by atoms with Gasteiger partial charge in [-0.15, -0.1) is 0 Å². The molecule has 0 radical (unpaired) electrons. The third-order valence-electron chi connectivity index (χ3n) is 8.80. The van der Waals surface area contributed by atoms with E-state index in [0.29, 0.717) is 36.1 Å². The summed E-state index contributed by atoms with van der Waals surface area (Å²) < 4.78 is 25.6. The van der Waals surface area contributed by atoms with Gasteiger partial charge in [-0.3, -0.25) is 0 Å². The summed E-state index contributed by atoms with van der Waals surface area (Å²) in [6, 6.07) is 8.80. The fraction of sp³-hybridized carbons (Fsp3) is 0.560. The Kier molecular flexibility index (Phi) is 5.55. The van der Waals surface area contributed by atoms with Crippen molar-refractivity contribution in [3.63, 3.8) is 0 Å². The van der Waals surface area contributed by atoms with Crippen molar-refractivity contribution in [2.45, 2.75) is 66.0 Å². The van der Waals surface area contributed by atoms with Crippen LogP contribution in [0.5, 0.6) is 0 Å². The maximum absolute atomic E-state index is 14.9. The Hall–Kier alpha value is -2.07. The van der Waals surface area contributed by atoms with E-state index < -0.39 is 6.42 Å². The van der Waals surface area contributed by atoms with Gasteiger partial charge in [0.05, 0.1) is 41.7 Å². The maximum atomic E-state index is 14.9. The van der Waals surface area contributed by atoms with Crippen molar-refractivity contribution in [1.82, 2.24) is 14.5 Å². The zero-order chi connectivity index (χ0) is 24.5. The van der Waals surface area contributed by atoms with E-state index in [2.05, 4.69) is 26.8 Å². The molecule has 4 atom stereocenters. The van der Waals surface area contributed by atoms with Crippen LogP contribution in [0.1, 0.15) is 57.7 Å². The zero-order valence-electron chi connectivity index (χ0n) is 20.4. The van der Waals surface area contributed by atoms with Gasteiger partial charge in [0.15, 0.2) is 12.2 Å². The molecule has 0 saturated heterocycles. The third-order valence-corrected chi connectivity index (χ3v) is 12.9. The summed E-state index contributed by atoms with van der Waals surface area (Å²) in [7, 11) is 1.88. The van der Waals surface area contributed by atoms with Crippen LogP contribution < -0.4 is 5.30 Å². The first kappa shape index (κ1) is 23.7. The summed E-state index contributed by atoms with van der Waals surface area (Å²) >= 11 is 6.43. The predicted octanol–water partition coefficient (Wildman–Crippen LogP) is 5.43. The molecule has 2 aliphatic carbocycles. The quantitative estimate of drug-likeness (QED) is 0.513. The van der Waals surface area contributed by atoms with Gasteiger partial charge in [-0.1, -0.05) is 32.9 Å². The molecule has 34 heavy (non-hydrogen) atoms. The van der Waals surface area contributed by atoms with E-state index >= 15 is 0 Å². The number of aliphatic imine (C=N–C) groups is 1. The molecule has 2 heterocycles. The largest absolute Gasteiger partial charge is 0.326 e. The number of aryl methyl sites for hydroxylation is 2. The number of nitrogens with zero attached hydrogens (tertiary/aromatic N) is 5. The lowest BCUT2D eigenvalue weighted by molar-refractivity contribution is 0.0357. The molecule has 3 aliphatic rings. The van der Waals surface area contributed by atoms with Crippen molar-refractivity contribution < 1.29 is 8.91 Å². The molecule has 0 spiro atoms. The molecule has 1 aromatic carbocycles. The fourth-order valence-electron chi connectivity index (χ4n) is 6.22. The van der Waals surface area contributed by atoms with Crippen LogP contribution in [0.25, 0.3) is 0 Å². The number of hydrogen-bond acceptors (Lipinski definition) is 5. The average Bonchev–Trinajstić information content (AvgIpc) is 3.30. The van der Waals surface area contributed by atoms with Crippen LogP contribution in [0, 0.1) is 40.8 Å². The lowest BCUT2D eigenvalue weighted by Crippen LogP contribution is -2.41. The molecule has 1 aromatic heterocycles. The summed E-state index contributed by atoms with van der Waals surface area (Å²) in [5, 5.41) is 14.7. The highest BCUT2D eigenvalue weighted by molar-refractivity contribution is 8.15. The van der Waals surface area contributed by atoms with Gasteiger partial charge in [0.2, 0.25) is 0 Å². The van der Waals surface area contributed by atoms with E-state index in [9.17, 15) is 4.39 Å². The maximum Gasteiger partial charge on any atom is 0.192 e. The predicted molar refractivity (Wildman–Crippen MR) is 136 cm³/mol. The molecular formula is C25H31FN5OPS. The summed E-state index contributed by atoms with van der Waals surface area (Å²) in [6.07, 6.45) is 0.786. The van der Waals surface area contributed by atoms with Crippen LogP contribution in [0.2, 0.25) is 0 Å². The number of hydrogen-bond donors (Lipinski definition) is 0. The second-order valence-corrected chi connectivity index (χ2v) is 14.3. The molecule has 2 saturated carbocycles. The van der Waals surface area contributed by atoms with Crippen LogP contribution in [-0.4, -0.2) is 33.4 Å². The van der Waals surface area contributed by atoms with Crippen LogP contribution in [-0.2, 0) is 22.9 Å². The number of benzene rings is 1. The van der Waals surface area contributed by atoms with E-state index in [4.69, 9.17) is 31.7 Å². The minimum atomic E-state index is -2.86. The summed E-state index contributed by atoms with van der Waals surface area (Å²) in [4.78, 5) is 4.87. The minimum absolute atomic E-state index is 0.0178. The average molecular weight is 500 g/mol. The van der Waals surface area contributed by atoms with Crippen molar-refractivity contribution in [2.75, 3.05) is 7.05 Å². The first-order valence-corrected chi connectivity index (χ1v) is 14.5. The summed E-state index contributed by atoms with van der Waals surface area (Å²) in [5.74, 6) is 1.31. The molecular weight excluding hydrogens is 468 g/mol. The second-order valence-electron chi connectivity index (χ2n) is 10.6. The number of nitriles is 1.